The number of carbonyl (C=O) groups is 1. The molecular weight excluding hydrogens is 244 g/mol. The molecule has 1 N–H and O–H groups in total. The van der Waals surface area contributed by atoms with Crippen LogP contribution in [0.3, 0.4) is 0 Å². The number of aliphatic hydroxyl groups excluding tert-OH is 1. The van der Waals surface area contributed by atoms with Crippen LogP contribution < -0.4 is 4.74 Å². The first kappa shape index (κ1) is 13.4. The van der Waals surface area contributed by atoms with E-state index < -0.39 is 30.5 Å². The van der Waals surface area contributed by atoms with Crippen LogP contribution in [0.4, 0.5) is 17.6 Å². The molecule has 0 aliphatic rings. The lowest BCUT2D eigenvalue weighted by Crippen LogP contribution is -2.34. The van der Waals surface area contributed by atoms with E-state index in [0.717, 1.165) is 6.07 Å². The second-order valence-corrected chi connectivity index (χ2v) is 3.14. The summed E-state index contributed by atoms with van der Waals surface area (Å²) in [4.78, 5) is 10.5. The molecule has 3 nitrogen and oxygen atoms in total. The Balaban J connectivity index is 2.79. The lowest BCUT2D eigenvalue weighted by Gasteiger charge is -2.16. The van der Waals surface area contributed by atoms with Crippen LogP contribution in [0.1, 0.15) is 10.4 Å². The topological polar surface area (TPSA) is 46.5 Å². The monoisotopic (exact) mass is 252 g/mol. The Bertz CT molecular complexity index is 403. The second-order valence-electron chi connectivity index (χ2n) is 3.14. The van der Waals surface area contributed by atoms with E-state index in [0.29, 0.717) is 0 Å². The van der Waals surface area contributed by atoms with E-state index in [1.165, 1.54) is 12.1 Å². The molecule has 1 atom stereocenters. The van der Waals surface area contributed by atoms with Crippen molar-refractivity contribution in [2.75, 3.05) is 6.61 Å². The second kappa shape index (κ2) is 5.13. The van der Waals surface area contributed by atoms with Gasteiger partial charge in [0.05, 0.1) is 5.56 Å². The summed E-state index contributed by atoms with van der Waals surface area (Å²) >= 11 is 0. The number of rotatable bonds is 4. The van der Waals surface area contributed by atoms with Crippen molar-refractivity contribution in [2.24, 2.45) is 0 Å². The summed E-state index contributed by atoms with van der Waals surface area (Å²) < 4.78 is 53.4. The van der Waals surface area contributed by atoms with Crippen LogP contribution in [0.25, 0.3) is 0 Å². The minimum atomic E-state index is -4.85. The normalized spacial score (nSPS) is 13.2. The Kier molecular flexibility index (Phi) is 4.06. The van der Waals surface area contributed by atoms with E-state index in [4.69, 9.17) is 5.11 Å². The van der Waals surface area contributed by atoms with Gasteiger partial charge in [-0.15, -0.1) is 0 Å². The van der Waals surface area contributed by atoms with Crippen LogP contribution in [0.5, 0.6) is 5.75 Å². The molecule has 0 aliphatic heterocycles. The lowest BCUT2D eigenvalue weighted by molar-refractivity contribution is -0.210. The van der Waals surface area contributed by atoms with Gasteiger partial charge in [-0.3, -0.25) is 4.79 Å². The Morgan fingerprint density at radius 3 is 2.59 bits per heavy atom. The minimum absolute atomic E-state index is 0.223. The van der Waals surface area contributed by atoms with Gasteiger partial charge in [0.1, 0.15) is 6.61 Å². The van der Waals surface area contributed by atoms with Crippen LogP contribution in [0.15, 0.2) is 18.2 Å². The van der Waals surface area contributed by atoms with Gasteiger partial charge in [0.2, 0.25) is 0 Å². The number of para-hydroxylation sites is 1. The van der Waals surface area contributed by atoms with Crippen LogP contribution >= 0.6 is 0 Å². The van der Waals surface area contributed by atoms with E-state index in [9.17, 15) is 22.4 Å². The molecule has 0 saturated carbocycles. The summed E-state index contributed by atoms with van der Waals surface area (Å²) in [5.41, 5.74) is -0.223. The molecule has 0 fully saturated rings. The van der Waals surface area contributed by atoms with E-state index in [-0.39, 0.29) is 11.8 Å². The SMILES string of the molecule is O=Cc1cccc(F)c1OCC(O)C(F)(F)F. The van der Waals surface area contributed by atoms with Gasteiger partial charge in [-0.05, 0) is 12.1 Å². The zero-order chi connectivity index (χ0) is 13.1. The largest absolute Gasteiger partial charge is 0.487 e. The fraction of sp³-hybridized carbons (Fsp3) is 0.300. The minimum Gasteiger partial charge on any atom is -0.487 e. The predicted octanol–water partition coefficient (Wildman–Crippen LogP) is 1.94. The molecule has 0 radical (unpaired) electrons. The number of halogens is 4. The molecule has 0 heterocycles. The number of alkyl halides is 3. The van der Waals surface area contributed by atoms with Gasteiger partial charge in [0, 0.05) is 0 Å². The first-order valence-corrected chi connectivity index (χ1v) is 4.47. The van der Waals surface area contributed by atoms with Gasteiger partial charge >= 0.3 is 6.18 Å². The third-order valence-electron chi connectivity index (χ3n) is 1.89. The first-order valence-electron chi connectivity index (χ1n) is 4.47. The molecule has 0 bridgehead atoms. The fourth-order valence-corrected chi connectivity index (χ4v) is 1.03. The van der Waals surface area contributed by atoms with Crippen molar-refractivity contribution in [3.63, 3.8) is 0 Å². The summed E-state index contributed by atoms with van der Waals surface area (Å²) in [6.45, 7) is -1.18. The van der Waals surface area contributed by atoms with E-state index in [1.54, 1.807) is 0 Å². The zero-order valence-corrected chi connectivity index (χ0v) is 8.37. The van der Waals surface area contributed by atoms with E-state index in [2.05, 4.69) is 4.74 Å². The molecule has 1 unspecified atom stereocenters. The standard InChI is InChI=1S/C10H8F4O3/c11-7-3-1-2-6(4-15)9(7)17-5-8(16)10(12,13)14/h1-4,8,16H,5H2. The average molecular weight is 252 g/mol. The number of aldehydes is 1. The highest BCUT2D eigenvalue weighted by molar-refractivity contribution is 5.79. The first-order chi connectivity index (χ1) is 7.86. The van der Waals surface area contributed by atoms with Crippen molar-refractivity contribution in [3.8, 4) is 5.75 Å². The fourth-order valence-electron chi connectivity index (χ4n) is 1.03. The number of hydrogen-bond acceptors (Lipinski definition) is 3. The molecule has 0 aromatic heterocycles. The number of ether oxygens (including phenoxy) is 1. The molecule has 1 aromatic rings. The summed E-state index contributed by atoms with van der Waals surface area (Å²) in [7, 11) is 0. The maximum absolute atomic E-state index is 13.1. The van der Waals surface area contributed by atoms with Gasteiger partial charge in [0.25, 0.3) is 0 Å². The maximum Gasteiger partial charge on any atom is 0.417 e. The predicted molar refractivity (Wildman–Crippen MR) is 49.3 cm³/mol. The summed E-state index contributed by atoms with van der Waals surface area (Å²) in [5.74, 6) is -1.57. The number of carbonyl (C=O) groups excluding carboxylic acids is 1. The number of aliphatic hydroxyl groups is 1. The maximum atomic E-state index is 13.1. The molecule has 0 amide bonds. The zero-order valence-electron chi connectivity index (χ0n) is 8.37. The Morgan fingerprint density at radius 2 is 2.06 bits per heavy atom. The van der Waals surface area contributed by atoms with Crippen LogP contribution in [-0.2, 0) is 0 Å². The van der Waals surface area contributed by atoms with Crippen LogP contribution in [-0.4, -0.2) is 30.3 Å². The molecule has 0 aliphatic carbocycles. The van der Waals surface area contributed by atoms with E-state index in [1.807, 2.05) is 0 Å². The Labute approximate surface area is 93.6 Å². The van der Waals surface area contributed by atoms with Crippen molar-refractivity contribution < 1.29 is 32.2 Å². The summed E-state index contributed by atoms with van der Waals surface area (Å²) in [6.07, 6.45) is -7.34. The van der Waals surface area contributed by atoms with Crippen molar-refractivity contribution in [2.45, 2.75) is 12.3 Å². The molecular formula is C10H8F4O3. The molecule has 0 saturated heterocycles. The number of benzene rings is 1. The third-order valence-corrected chi connectivity index (χ3v) is 1.89. The quantitative estimate of drug-likeness (QED) is 0.658. The molecule has 0 spiro atoms. The molecule has 1 aromatic carbocycles. The highest BCUT2D eigenvalue weighted by atomic mass is 19.4. The Morgan fingerprint density at radius 1 is 1.41 bits per heavy atom. The highest BCUT2D eigenvalue weighted by Gasteiger charge is 2.39. The van der Waals surface area contributed by atoms with Gasteiger partial charge < -0.3 is 9.84 Å². The van der Waals surface area contributed by atoms with E-state index >= 15 is 0 Å². The van der Waals surface area contributed by atoms with Gasteiger partial charge in [0.15, 0.2) is 24.0 Å². The smallest absolute Gasteiger partial charge is 0.417 e. The Hall–Kier alpha value is -1.63. The van der Waals surface area contributed by atoms with Crippen molar-refractivity contribution in [1.82, 2.24) is 0 Å². The van der Waals surface area contributed by atoms with Crippen molar-refractivity contribution in [1.29, 1.82) is 0 Å². The van der Waals surface area contributed by atoms with Crippen LogP contribution in [0, 0.1) is 5.82 Å². The molecule has 17 heavy (non-hydrogen) atoms. The van der Waals surface area contributed by atoms with Crippen molar-refractivity contribution in [3.05, 3.63) is 29.6 Å². The molecule has 1 rings (SSSR count). The van der Waals surface area contributed by atoms with Gasteiger partial charge in [-0.25, -0.2) is 4.39 Å². The lowest BCUT2D eigenvalue weighted by atomic mass is 10.2. The molecule has 7 heteroatoms. The van der Waals surface area contributed by atoms with Gasteiger partial charge in [-0.1, -0.05) is 6.07 Å². The number of hydrogen-bond donors (Lipinski definition) is 1. The molecule has 94 valence electrons. The van der Waals surface area contributed by atoms with Gasteiger partial charge in [-0.2, -0.15) is 13.2 Å². The van der Waals surface area contributed by atoms with Crippen LogP contribution in [0.2, 0.25) is 0 Å². The van der Waals surface area contributed by atoms with Crippen molar-refractivity contribution >= 4 is 6.29 Å². The highest BCUT2D eigenvalue weighted by Crippen LogP contribution is 2.24. The summed E-state index contributed by atoms with van der Waals surface area (Å²) in [6, 6.07) is 3.33. The third kappa shape index (κ3) is 3.42. The summed E-state index contributed by atoms with van der Waals surface area (Å²) in [5, 5.41) is 8.64. The average Bonchev–Trinajstić information content (AvgIpc) is 2.25.